The summed E-state index contributed by atoms with van der Waals surface area (Å²) in [5.41, 5.74) is 0. The molecule has 30 heavy (non-hydrogen) atoms. The van der Waals surface area contributed by atoms with Gasteiger partial charge in [-0.3, -0.25) is 4.79 Å². The molecule has 3 unspecified atom stereocenters. The molecule has 0 amide bonds. The second-order valence-electron chi connectivity index (χ2n) is 7.63. The van der Waals surface area contributed by atoms with Crippen LogP contribution in [0.3, 0.4) is 0 Å². The van der Waals surface area contributed by atoms with Gasteiger partial charge in [0.25, 0.3) is 0 Å². The zero-order valence-corrected chi connectivity index (χ0v) is 19.3. The minimum Gasteiger partial charge on any atom is -0.466 e. The van der Waals surface area contributed by atoms with Crippen molar-refractivity contribution < 1.29 is 26.4 Å². The first-order valence-corrected chi connectivity index (χ1v) is 13.4. The molecule has 2 fully saturated rings. The molecule has 0 aromatic heterocycles. The Bertz CT molecular complexity index is 971. The number of piperidine rings is 1. The number of fused-ring (bicyclic) bond motifs is 2. The Hall–Kier alpha value is -1.49. The van der Waals surface area contributed by atoms with Gasteiger partial charge >= 0.3 is 5.97 Å². The maximum absolute atomic E-state index is 13.4. The number of carbonyl (C=O) groups excluding carboxylic acids is 1. The fraction of sp³-hybridized carbons (Fsp3) is 0.650. The molecule has 2 aliphatic heterocycles. The van der Waals surface area contributed by atoms with Gasteiger partial charge in [-0.1, -0.05) is 13.8 Å². The van der Waals surface area contributed by atoms with E-state index in [-0.39, 0.29) is 28.4 Å². The fourth-order valence-corrected chi connectivity index (χ4v) is 8.01. The summed E-state index contributed by atoms with van der Waals surface area (Å²) in [6, 6.07) is 4.83. The van der Waals surface area contributed by atoms with Gasteiger partial charge < -0.3 is 4.74 Å². The standard InChI is InChI=1S/C20H30N2O6S2/c1-4-21(5-2)29(24,25)16-9-11-17(12-10-16)30(26,27)22-15-7-13-18(19(22)14-8-15)20(23)28-6-3/h9-12,15,18-19H,4-8,13-14H2,1-3H3. The number of sulfonamides is 2. The van der Waals surface area contributed by atoms with Crippen LogP contribution < -0.4 is 0 Å². The number of rotatable bonds is 8. The number of carbonyl (C=O) groups is 1. The summed E-state index contributed by atoms with van der Waals surface area (Å²) in [5.74, 6) is -0.801. The van der Waals surface area contributed by atoms with Crippen LogP contribution in [0.15, 0.2) is 34.1 Å². The molecule has 2 aliphatic rings. The van der Waals surface area contributed by atoms with Crippen molar-refractivity contribution in [2.45, 2.75) is 68.3 Å². The lowest BCUT2D eigenvalue weighted by Gasteiger charge is -2.37. The number of benzene rings is 1. The molecule has 1 aromatic rings. The van der Waals surface area contributed by atoms with Crippen molar-refractivity contribution in [1.82, 2.24) is 8.61 Å². The number of hydrogen-bond acceptors (Lipinski definition) is 6. The molecule has 2 heterocycles. The van der Waals surface area contributed by atoms with Crippen LogP contribution in [0.5, 0.6) is 0 Å². The highest BCUT2D eigenvalue weighted by Gasteiger charge is 2.51. The van der Waals surface area contributed by atoms with Crippen LogP contribution in [0.2, 0.25) is 0 Å². The zero-order chi connectivity index (χ0) is 22.1. The van der Waals surface area contributed by atoms with E-state index in [1.807, 2.05) is 0 Å². The minimum atomic E-state index is -3.86. The average molecular weight is 459 g/mol. The third-order valence-electron chi connectivity index (χ3n) is 6.09. The first kappa shape index (κ1) is 23.2. The van der Waals surface area contributed by atoms with Crippen LogP contribution in [0.4, 0.5) is 0 Å². The van der Waals surface area contributed by atoms with E-state index in [1.54, 1.807) is 20.8 Å². The zero-order valence-electron chi connectivity index (χ0n) is 17.7. The van der Waals surface area contributed by atoms with Crippen molar-refractivity contribution in [2.24, 2.45) is 5.92 Å². The number of nitrogens with zero attached hydrogens (tertiary/aromatic N) is 2. The lowest BCUT2D eigenvalue weighted by molar-refractivity contribution is -0.150. The smallest absolute Gasteiger partial charge is 0.310 e. The Kier molecular flexibility index (Phi) is 6.91. The predicted molar refractivity (Wildman–Crippen MR) is 112 cm³/mol. The molecule has 3 atom stereocenters. The lowest BCUT2D eigenvalue weighted by Crippen LogP contribution is -2.50. The largest absolute Gasteiger partial charge is 0.466 e. The molecule has 3 rings (SSSR count). The highest BCUT2D eigenvalue weighted by Crippen LogP contribution is 2.43. The number of ether oxygens (including phenoxy) is 1. The highest BCUT2D eigenvalue weighted by molar-refractivity contribution is 7.89. The molecule has 1 aromatic carbocycles. The van der Waals surface area contributed by atoms with Gasteiger partial charge in [-0.05, 0) is 56.9 Å². The van der Waals surface area contributed by atoms with Gasteiger partial charge in [0, 0.05) is 25.2 Å². The quantitative estimate of drug-likeness (QED) is 0.554. The second-order valence-corrected chi connectivity index (χ2v) is 11.4. The summed E-state index contributed by atoms with van der Waals surface area (Å²) in [7, 11) is -7.52. The topological polar surface area (TPSA) is 101 Å². The van der Waals surface area contributed by atoms with E-state index in [1.165, 1.54) is 32.9 Å². The highest BCUT2D eigenvalue weighted by atomic mass is 32.2. The van der Waals surface area contributed by atoms with E-state index in [9.17, 15) is 21.6 Å². The minimum absolute atomic E-state index is 0.0439. The number of esters is 1. The van der Waals surface area contributed by atoms with Crippen molar-refractivity contribution in [1.29, 1.82) is 0 Å². The molecule has 0 N–H and O–H groups in total. The molecule has 0 spiro atoms. The summed E-state index contributed by atoms with van der Waals surface area (Å²) < 4.78 is 60.1. The van der Waals surface area contributed by atoms with Gasteiger partial charge in [-0.15, -0.1) is 0 Å². The van der Waals surface area contributed by atoms with Gasteiger partial charge in [-0.2, -0.15) is 8.61 Å². The monoisotopic (exact) mass is 458 g/mol. The fourth-order valence-electron chi connectivity index (χ4n) is 4.62. The summed E-state index contributed by atoms with van der Waals surface area (Å²) in [5, 5.41) is 0. The molecular formula is C20H30N2O6S2. The molecule has 2 saturated heterocycles. The second kappa shape index (κ2) is 8.94. The molecule has 0 saturated carbocycles. The Labute approximate surface area is 179 Å². The summed E-state index contributed by atoms with van der Waals surface area (Å²) >= 11 is 0. The van der Waals surface area contributed by atoms with Gasteiger partial charge in [0.1, 0.15) is 0 Å². The lowest BCUT2D eigenvalue weighted by atomic mass is 9.92. The summed E-state index contributed by atoms with van der Waals surface area (Å²) in [6.45, 7) is 6.19. The van der Waals surface area contributed by atoms with E-state index in [4.69, 9.17) is 4.74 Å². The van der Waals surface area contributed by atoms with E-state index in [0.29, 0.717) is 38.8 Å². The molecular weight excluding hydrogens is 428 g/mol. The van der Waals surface area contributed by atoms with Crippen molar-refractivity contribution in [3.8, 4) is 0 Å². The molecule has 10 heteroatoms. The molecule has 168 valence electrons. The molecule has 0 radical (unpaired) electrons. The molecule has 0 aliphatic carbocycles. The van der Waals surface area contributed by atoms with Crippen LogP contribution in [0.1, 0.15) is 46.5 Å². The summed E-state index contributed by atoms with van der Waals surface area (Å²) in [4.78, 5) is 12.5. The van der Waals surface area contributed by atoms with Crippen molar-refractivity contribution >= 4 is 26.0 Å². The summed E-state index contributed by atoms with van der Waals surface area (Å²) in [6.07, 6.45) is 2.59. The van der Waals surface area contributed by atoms with Crippen LogP contribution >= 0.6 is 0 Å². The predicted octanol–water partition coefficient (Wildman–Crippen LogP) is 2.21. The van der Waals surface area contributed by atoms with Gasteiger partial charge in [0.2, 0.25) is 20.0 Å². The van der Waals surface area contributed by atoms with E-state index >= 15 is 0 Å². The Morgan fingerprint density at radius 1 is 0.967 bits per heavy atom. The van der Waals surface area contributed by atoms with Crippen LogP contribution in [-0.2, 0) is 29.6 Å². The Morgan fingerprint density at radius 3 is 2.10 bits per heavy atom. The van der Waals surface area contributed by atoms with E-state index < -0.39 is 32.0 Å². The Morgan fingerprint density at radius 2 is 1.53 bits per heavy atom. The van der Waals surface area contributed by atoms with Crippen LogP contribution in [-0.4, -0.2) is 63.2 Å². The maximum Gasteiger partial charge on any atom is 0.310 e. The average Bonchev–Trinajstić information content (AvgIpc) is 3.03. The van der Waals surface area contributed by atoms with E-state index in [0.717, 1.165) is 0 Å². The normalized spacial score (nSPS) is 24.9. The SMILES string of the molecule is CCOC(=O)C1CCC2CCC1N2S(=O)(=O)c1ccc(S(=O)(=O)N(CC)CC)cc1. The van der Waals surface area contributed by atoms with Crippen LogP contribution in [0.25, 0.3) is 0 Å². The van der Waals surface area contributed by atoms with Gasteiger partial charge in [-0.25, -0.2) is 16.8 Å². The van der Waals surface area contributed by atoms with Crippen LogP contribution in [0, 0.1) is 5.92 Å². The van der Waals surface area contributed by atoms with Crippen molar-refractivity contribution in [3.63, 3.8) is 0 Å². The first-order valence-electron chi connectivity index (χ1n) is 10.5. The number of hydrogen-bond donors (Lipinski definition) is 0. The van der Waals surface area contributed by atoms with Gasteiger partial charge in [0.15, 0.2) is 0 Å². The third-order valence-corrected chi connectivity index (χ3v) is 10.1. The Balaban J connectivity index is 1.89. The van der Waals surface area contributed by atoms with E-state index in [2.05, 4.69) is 0 Å². The van der Waals surface area contributed by atoms with Crippen molar-refractivity contribution in [2.75, 3.05) is 19.7 Å². The maximum atomic E-state index is 13.4. The van der Waals surface area contributed by atoms with Crippen molar-refractivity contribution in [3.05, 3.63) is 24.3 Å². The first-order chi connectivity index (χ1) is 14.2. The third kappa shape index (κ3) is 4.02. The van der Waals surface area contributed by atoms with Gasteiger partial charge in [0.05, 0.1) is 22.3 Å². The molecule has 8 nitrogen and oxygen atoms in total. The molecule has 2 bridgehead atoms.